The van der Waals surface area contributed by atoms with Gasteiger partial charge in [0, 0.05) is 18.4 Å². The van der Waals surface area contributed by atoms with Crippen molar-refractivity contribution < 1.29 is 19.7 Å². The number of ether oxygens (including phenoxy) is 2. The largest absolute Gasteiger partial charge is 0.391 e. The molecule has 5 nitrogen and oxygen atoms in total. The zero-order valence-electron chi connectivity index (χ0n) is 10.5. The zero-order valence-corrected chi connectivity index (χ0v) is 10.5. The van der Waals surface area contributed by atoms with Crippen molar-refractivity contribution >= 4 is 0 Å². The first-order chi connectivity index (χ1) is 8.11. The van der Waals surface area contributed by atoms with Crippen LogP contribution >= 0.6 is 0 Å². The van der Waals surface area contributed by atoms with Gasteiger partial charge in [-0.15, -0.1) is 0 Å². The highest BCUT2D eigenvalue weighted by Gasteiger charge is 2.18. The molecule has 0 aromatic rings. The van der Waals surface area contributed by atoms with Crippen molar-refractivity contribution in [3.8, 4) is 0 Å². The van der Waals surface area contributed by atoms with E-state index in [9.17, 15) is 10.2 Å². The lowest BCUT2D eigenvalue weighted by Crippen LogP contribution is -2.30. The maximum Gasteiger partial charge on any atom is 0.161 e. The minimum Gasteiger partial charge on any atom is -0.391 e. The van der Waals surface area contributed by atoms with Gasteiger partial charge < -0.3 is 25.0 Å². The van der Waals surface area contributed by atoms with Crippen LogP contribution in [0.2, 0.25) is 0 Å². The molecule has 0 saturated heterocycles. The Kier molecular flexibility index (Phi) is 6.50. The Labute approximate surface area is 102 Å². The summed E-state index contributed by atoms with van der Waals surface area (Å²) in [6.07, 6.45) is 3.02. The molecule has 100 valence electrons. The number of nitrogens with one attached hydrogen (secondary N) is 1. The van der Waals surface area contributed by atoms with Crippen LogP contribution in [0.15, 0.2) is 12.3 Å². The van der Waals surface area contributed by atoms with Gasteiger partial charge in [0.05, 0.1) is 13.2 Å². The van der Waals surface area contributed by atoms with E-state index < -0.39 is 12.6 Å². The molecule has 17 heavy (non-hydrogen) atoms. The van der Waals surface area contributed by atoms with Crippen molar-refractivity contribution in [2.24, 2.45) is 11.8 Å². The number of aliphatic hydroxyl groups is 2. The van der Waals surface area contributed by atoms with E-state index >= 15 is 0 Å². The van der Waals surface area contributed by atoms with Gasteiger partial charge in [-0.05, 0) is 12.6 Å². The monoisotopic (exact) mass is 245 g/mol. The van der Waals surface area contributed by atoms with Gasteiger partial charge in [-0.3, -0.25) is 0 Å². The summed E-state index contributed by atoms with van der Waals surface area (Å²) in [4.78, 5) is 0. The zero-order chi connectivity index (χ0) is 12.7. The summed E-state index contributed by atoms with van der Waals surface area (Å²) in [5.41, 5.74) is 0. The summed E-state index contributed by atoms with van der Waals surface area (Å²) in [5, 5.41) is 22.2. The standard InChI is InChI=1S/C12H23NO4/c1-9(2)11(14)16-7-8-17-12(15)10-3-5-13-6-4-10/h3,5,9-15H,4,6-8H2,1-2H3. The third-order valence-corrected chi connectivity index (χ3v) is 2.68. The highest BCUT2D eigenvalue weighted by molar-refractivity contribution is 4.93. The van der Waals surface area contributed by atoms with Crippen LogP contribution in [-0.2, 0) is 9.47 Å². The molecule has 1 heterocycles. The van der Waals surface area contributed by atoms with E-state index in [2.05, 4.69) is 5.32 Å². The molecule has 0 aliphatic carbocycles. The van der Waals surface area contributed by atoms with Crippen LogP contribution < -0.4 is 5.32 Å². The van der Waals surface area contributed by atoms with E-state index in [4.69, 9.17) is 9.47 Å². The highest BCUT2D eigenvalue weighted by atomic mass is 16.6. The molecule has 1 rings (SSSR count). The molecule has 0 fully saturated rings. The summed E-state index contributed by atoms with van der Waals surface area (Å²) in [5.74, 6) is 0.0959. The second-order valence-electron chi connectivity index (χ2n) is 4.53. The maximum absolute atomic E-state index is 9.73. The van der Waals surface area contributed by atoms with Gasteiger partial charge in [-0.25, -0.2) is 0 Å². The Bertz CT molecular complexity index is 233. The van der Waals surface area contributed by atoms with Crippen LogP contribution in [0.25, 0.3) is 0 Å². The summed E-state index contributed by atoms with van der Waals surface area (Å²) in [6.45, 7) is 5.17. The average molecular weight is 245 g/mol. The maximum atomic E-state index is 9.73. The predicted octanol–water partition coefficient (Wildman–Crippen LogP) is 0.436. The van der Waals surface area contributed by atoms with E-state index in [1.807, 2.05) is 26.1 Å². The first kappa shape index (κ1) is 14.4. The third kappa shape index (κ3) is 5.50. The molecule has 0 bridgehead atoms. The first-order valence-corrected chi connectivity index (χ1v) is 6.10. The molecule has 0 aromatic heterocycles. The van der Waals surface area contributed by atoms with Crippen molar-refractivity contribution in [1.82, 2.24) is 5.32 Å². The molecule has 0 amide bonds. The van der Waals surface area contributed by atoms with Gasteiger partial charge >= 0.3 is 0 Å². The molecule has 1 aliphatic heterocycles. The van der Waals surface area contributed by atoms with Gasteiger partial charge in [-0.1, -0.05) is 19.9 Å². The smallest absolute Gasteiger partial charge is 0.161 e. The average Bonchev–Trinajstić information content (AvgIpc) is 2.35. The molecular weight excluding hydrogens is 222 g/mol. The lowest BCUT2D eigenvalue weighted by Gasteiger charge is -2.23. The fourth-order valence-electron chi connectivity index (χ4n) is 1.51. The Hall–Kier alpha value is -0.620. The number of rotatable bonds is 7. The van der Waals surface area contributed by atoms with Gasteiger partial charge in [0.15, 0.2) is 12.6 Å². The molecule has 3 unspecified atom stereocenters. The van der Waals surface area contributed by atoms with E-state index in [1.54, 1.807) is 0 Å². The lowest BCUT2D eigenvalue weighted by atomic mass is 10.0. The summed E-state index contributed by atoms with van der Waals surface area (Å²) < 4.78 is 10.4. The van der Waals surface area contributed by atoms with Crippen molar-refractivity contribution in [3.63, 3.8) is 0 Å². The Balaban J connectivity index is 2.09. The van der Waals surface area contributed by atoms with Crippen LogP contribution in [0.3, 0.4) is 0 Å². The van der Waals surface area contributed by atoms with Crippen molar-refractivity contribution in [1.29, 1.82) is 0 Å². The molecule has 0 saturated carbocycles. The van der Waals surface area contributed by atoms with Crippen LogP contribution in [0.5, 0.6) is 0 Å². The molecule has 5 heteroatoms. The topological polar surface area (TPSA) is 71.0 Å². The normalized spacial score (nSPS) is 23.5. The van der Waals surface area contributed by atoms with Crippen molar-refractivity contribution in [3.05, 3.63) is 12.3 Å². The number of hydrogen-bond donors (Lipinski definition) is 3. The van der Waals surface area contributed by atoms with Crippen LogP contribution in [0.4, 0.5) is 0 Å². The molecule has 1 aliphatic rings. The third-order valence-electron chi connectivity index (χ3n) is 2.68. The van der Waals surface area contributed by atoms with Gasteiger partial charge in [0.1, 0.15) is 0 Å². The summed E-state index contributed by atoms with van der Waals surface area (Å²) in [7, 11) is 0. The first-order valence-electron chi connectivity index (χ1n) is 6.10. The Morgan fingerprint density at radius 1 is 1.29 bits per heavy atom. The number of aliphatic hydroxyl groups excluding tert-OH is 2. The van der Waals surface area contributed by atoms with Gasteiger partial charge in [-0.2, -0.15) is 0 Å². The molecule has 3 N–H and O–H groups in total. The Morgan fingerprint density at radius 3 is 2.59 bits per heavy atom. The number of hydrogen-bond acceptors (Lipinski definition) is 5. The second kappa shape index (κ2) is 7.66. The van der Waals surface area contributed by atoms with Crippen LogP contribution in [-0.4, -0.2) is 42.6 Å². The minimum atomic E-state index is -0.798. The molecule has 0 radical (unpaired) electrons. The Morgan fingerprint density at radius 2 is 2.00 bits per heavy atom. The molecule has 3 atom stereocenters. The summed E-state index contributed by atoms with van der Waals surface area (Å²) in [6, 6.07) is 0. The SMILES string of the molecule is CC(C)C(O)OCCOC(O)C1C=CNCC1. The van der Waals surface area contributed by atoms with E-state index in [1.165, 1.54) is 0 Å². The predicted molar refractivity (Wildman–Crippen MR) is 64.0 cm³/mol. The molecular formula is C12H23NO4. The highest BCUT2D eigenvalue weighted by Crippen LogP contribution is 2.14. The van der Waals surface area contributed by atoms with Crippen LogP contribution in [0.1, 0.15) is 20.3 Å². The molecule has 0 aromatic carbocycles. The summed E-state index contributed by atoms with van der Waals surface area (Å²) >= 11 is 0. The van der Waals surface area contributed by atoms with E-state index in [-0.39, 0.29) is 25.0 Å². The van der Waals surface area contributed by atoms with Gasteiger partial charge in [0.2, 0.25) is 0 Å². The van der Waals surface area contributed by atoms with E-state index in [0.717, 1.165) is 13.0 Å². The fourth-order valence-corrected chi connectivity index (χ4v) is 1.51. The minimum absolute atomic E-state index is 0.0336. The lowest BCUT2D eigenvalue weighted by molar-refractivity contribution is -0.170. The van der Waals surface area contributed by atoms with Crippen molar-refractivity contribution in [2.75, 3.05) is 19.8 Å². The second-order valence-corrected chi connectivity index (χ2v) is 4.53. The van der Waals surface area contributed by atoms with Crippen LogP contribution in [0, 0.1) is 11.8 Å². The van der Waals surface area contributed by atoms with E-state index in [0.29, 0.717) is 0 Å². The van der Waals surface area contributed by atoms with Crippen molar-refractivity contribution in [2.45, 2.75) is 32.8 Å². The molecule has 0 spiro atoms. The van der Waals surface area contributed by atoms with Gasteiger partial charge in [0.25, 0.3) is 0 Å². The fraction of sp³-hybridized carbons (Fsp3) is 0.833. The quantitative estimate of drug-likeness (QED) is 0.448.